The van der Waals surface area contributed by atoms with Crippen molar-refractivity contribution in [3.63, 3.8) is 0 Å². The lowest BCUT2D eigenvalue weighted by Gasteiger charge is -2.32. The smallest absolute Gasteiger partial charge is 0.321 e. The molecule has 6 nitrogen and oxygen atoms in total. The molecule has 2 aromatic carbocycles. The first-order valence-electron chi connectivity index (χ1n) is 10.8. The van der Waals surface area contributed by atoms with Crippen molar-refractivity contribution >= 4 is 17.6 Å². The second-order valence-electron chi connectivity index (χ2n) is 7.89. The first-order chi connectivity index (χ1) is 15.2. The Balaban J connectivity index is 1.22. The third kappa shape index (κ3) is 5.75. The van der Waals surface area contributed by atoms with E-state index in [4.69, 9.17) is 0 Å². The molecule has 0 aliphatic carbocycles. The number of nitrogens with zero attached hydrogens (tertiary/aromatic N) is 2. The van der Waals surface area contributed by atoms with Gasteiger partial charge in [0, 0.05) is 49.3 Å². The van der Waals surface area contributed by atoms with Crippen molar-refractivity contribution in [2.24, 2.45) is 0 Å². The van der Waals surface area contributed by atoms with Gasteiger partial charge in [0.2, 0.25) is 5.91 Å². The van der Waals surface area contributed by atoms with Gasteiger partial charge in [-0.2, -0.15) is 0 Å². The zero-order chi connectivity index (χ0) is 21.5. The Labute approximate surface area is 182 Å². The number of aryl methyl sites for hydroxylation is 1. The summed E-state index contributed by atoms with van der Waals surface area (Å²) in [6.07, 6.45) is 6.72. The van der Waals surface area contributed by atoms with Crippen LogP contribution in [0.4, 0.5) is 10.5 Å². The summed E-state index contributed by atoms with van der Waals surface area (Å²) in [5, 5.41) is 6.12. The lowest BCUT2D eigenvalue weighted by Crippen LogP contribution is -2.47. The minimum Gasteiger partial charge on any atom is -0.353 e. The Kier molecular flexibility index (Phi) is 6.67. The first kappa shape index (κ1) is 20.7. The van der Waals surface area contributed by atoms with Crippen molar-refractivity contribution in [2.45, 2.75) is 31.7 Å². The van der Waals surface area contributed by atoms with E-state index in [9.17, 15) is 9.59 Å². The summed E-state index contributed by atoms with van der Waals surface area (Å²) in [5.41, 5.74) is 2.94. The molecule has 1 aliphatic rings. The molecule has 0 saturated carbocycles. The third-order valence-corrected chi connectivity index (χ3v) is 5.63. The minimum absolute atomic E-state index is 0.0774. The minimum atomic E-state index is -0.0986. The van der Waals surface area contributed by atoms with Gasteiger partial charge in [0.25, 0.3) is 0 Å². The molecule has 6 heteroatoms. The zero-order valence-electron chi connectivity index (χ0n) is 17.5. The Morgan fingerprint density at radius 3 is 2.39 bits per heavy atom. The lowest BCUT2D eigenvalue weighted by atomic mass is 10.0. The molecule has 0 radical (unpaired) electrons. The number of hydrogen-bond acceptors (Lipinski definition) is 2. The highest BCUT2D eigenvalue weighted by molar-refractivity contribution is 5.89. The quantitative estimate of drug-likeness (QED) is 0.632. The van der Waals surface area contributed by atoms with Crippen molar-refractivity contribution in [3.05, 3.63) is 84.7 Å². The third-order valence-electron chi connectivity index (χ3n) is 5.63. The Hall–Kier alpha value is -3.54. The second-order valence-corrected chi connectivity index (χ2v) is 7.89. The molecule has 1 saturated heterocycles. The standard InChI is InChI=1S/C25H28N4O2/c30-24(12-11-20-7-2-1-3-8-20)26-21-13-17-29(18-14-21)25(31)27-22-9-6-10-23(19-22)28-15-4-5-16-28/h1-10,15-16,19,21H,11-14,17-18H2,(H,26,30)(H,27,31). The van der Waals surface area contributed by atoms with Crippen molar-refractivity contribution in [3.8, 4) is 5.69 Å². The number of anilines is 1. The summed E-state index contributed by atoms with van der Waals surface area (Å²) in [5.74, 6) is 0.0774. The largest absolute Gasteiger partial charge is 0.353 e. The molecule has 1 aromatic heterocycles. The maximum Gasteiger partial charge on any atom is 0.321 e. The number of rotatable bonds is 6. The molecule has 160 valence electrons. The van der Waals surface area contributed by atoms with Crippen molar-refractivity contribution in [1.29, 1.82) is 0 Å². The average Bonchev–Trinajstić information content (AvgIpc) is 3.34. The van der Waals surface area contributed by atoms with E-state index in [1.807, 2.05) is 88.6 Å². The summed E-state index contributed by atoms with van der Waals surface area (Å²) < 4.78 is 2.00. The van der Waals surface area contributed by atoms with Gasteiger partial charge in [0.1, 0.15) is 0 Å². The van der Waals surface area contributed by atoms with E-state index >= 15 is 0 Å². The van der Waals surface area contributed by atoms with Crippen LogP contribution in [0.15, 0.2) is 79.1 Å². The number of carbonyl (C=O) groups is 2. The number of likely N-dealkylation sites (tertiary alicyclic amines) is 1. The molecule has 3 amide bonds. The highest BCUT2D eigenvalue weighted by Gasteiger charge is 2.24. The predicted molar refractivity (Wildman–Crippen MR) is 122 cm³/mol. The summed E-state index contributed by atoms with van der Waals surface area (Å²) in [6, 6.07) is 21.8. The number of nitrogens with one attached hydrogen (secondary N) is 2. The zero-order valence-corrected chi connectivity index (χ0v) is 17.5. The van der Waals surface area contributed by atoms with Crippen LogP contribution in [0.1, 0.15) is 24.8 Å². The first-order valence-corrected chi connectivity index (χ1v) is 10.8. The van der Waals surface area contributed by atoms with Crippen LogP contribution in [0.25, 0.3) is 5.69 Å². The molecule has 2 N–H and O–H groups in total. The summed E-state index contributed by atoms with van der Waals surface area (Å²) >= 11 is 0. The van der Waals surface area contributed by atoms with Crippen LogP contribution in [0.5, 0.6) is 0 Å². The number of piperidine rings is 1. The predicted octanol–water partition coefficient (Wildman–Crippen LogP) is 4.22. The van der Waals surface area contributed by atoms with Crippen molar-refractivity contribution in [1.82, 2.24) is 14.8 Å². The van der Waals surface area contributed by atoms with Crippen molar-refractivity contribution < 1.29 is 9.59 Å². The normalized spacial score (nSPS) is 14.3. The maximum atomic E-state index is 12.7. The van der Waals surface area contributed by atoms with Gasteiger partial charge in [-0.15, -0.1) is 0 Å². The van der Waals surface area contributed by atoms with Gasteiger partial charge in [-0.1, -0.05) is 36.4 Å². The van der Waals surface area contributed by atoms with Crippen LogP contribution in [-0.2, 0) is 11.2 Å². The molecule has 3 aromatic rings. The van der Waals surface area contributed by atoms with E-state index in [-0.39, 0.29) is 18.0 Å². The highest BCUT2D eigenvalue weighted by atomic mass is 16.2. The van der Waals surface area contributed by atoms with Crippen LogP contribution >= 0.6 is 0 Å². The number of amides is 3. The van der Waals surface area contributed by atoms with E-state index in [2.05, 4.69) is 10.6 Å². The molecule has 31 heavy (non-hydrogen) atoms. The average molecular weight is 417 g/mol. The van der Waals surface area contributed by atoms with E-state index in [0.717, 1.165) is 30.6 Å². The fourth-order valence-corrected chi connectivity index (χ4v) is 3.88. The molecule has 0 unspecified atom stereocenters. The Morgan fingerprint density at radius 2 is 1.65 bits per heavy atom. The van der Waals surface area contributed by atoms with E-state index in [1.54, 1.807) is 0 Å². The number of hydrogen-bond donors (Lipinski definition) is 2. The van der Waals surface area contributed by atoms with E-state index in [0.29, 0.717) is 19.5 Å². The maximum absolute atomic E-state index is 12.7. The molecule has 4 rings (SSSR count). The van der Waals surface area contributed by atoms with Crippen LogP contribution in [0, 0.1) is 0 Å². The van der Waals surface area contributed by atoms with Crippen molar-refractivity contribution in [2.75, 3.05) is 18.4 Å². The molecule has 1 aliphatic heterocycles. The fraction of sp³-hybridized carbons (Fsp3) is 0.280. The number of aromatic nitrogens is 1. The van der Waals surface area contributed by atoms with Crippen LogP contribution < -0.4 is 10.6 Å². The van der Waals surface area contributed by atoms with E-state index < -0.39 is 0 Å². The van der Waals surface area contributed by atoms with E-state index in [1.165, 1.54) is 5.56 Å². The molecular weight excluding hydrogens is 388 g/mol. The Bertz CT molecular complexity index is 993. The molecule has 2 heterocycles. The Morgan fingerprint density at radius 1 is 0.903 bits per heavy atom. The molecule has 1 fully saturated rings. The fourth-order valence-electron chi connectivity index (χ4n) is 3.88. The van der Waals surface area contributed by atoms with Gasteiger partial charge < -0.3 is 20.1 Å². The molecular formula is C25H28N4O2. The van der Waals surface area contributed by atoms with Gasteiger partial charge in [-0.25, -0.2) is 4.79 Å². The number of carbonyl (C=O) groups excluding carboxylic acids is 2. The van der Waals surface area contributed by atoms with Gasteiger partial charge >= 0.3 is 6.03 Å². The lowest BCUT2D eigenvalue weighted by molar-refractivity contribution is -0.122. The van der Waals surface area contributed by atoms with Crippen LogP contribution in [0.3, 0.4) is 0 Å². The summed E-state index contributed by atoms with van der Waals surface area (Å²) in [4.78, 5) is 26.8. The van der Waals surface area contributed by atoms with Gasteiger partial charge in [0.05, 0.1) is 0 Å². The van der Waals surface area contributed by atoms with Crippen LogP contribution in [0.2, 0.25) is 0 Å². The van der Waals surface area contributed by atoms with Gasteiger partial charge in [0.15, 0.2) is 0 Å². The topological polar surface area (TPSA) is 66.4 Å². The molecule has 0 spiro atoms. The van der Waals surface area contributed by atoms with Gasteiger partial charge in [-0.05, 0) is 55.2 Å². The molecule has 0 bridgehead atoms. The van der Waals surface area contributed by atoms with Gasteiger partial charge in [-0.3, -0.25) is 4.79 Å². The second kappa shape index (κ2) is 9.98. The monoisotopic (exact) mass is 416 g/mol. The number of urea groups is 1. The number of benzene rings is 2. The summed E-state index contributed by atoms with van der Waals surface area (Å²) in [7, 11) is 0. The molecule has 0 atom stereocenters. The highest BCUT2D eigenvalue weighted by Crippen LogP contribution is 2.17. The van der Waals surface area contributed by atoms with Crippen LogP contribution in [-0.4, -0.2) is 40.5 Å². The summed E-state index contributed by atoms with van der Waals surface area (Å²) in [6.45, 7) is 1.26. The SMILES string of the molecule is O=C(CCc1ccccc1)NC1CCN(C(=O)Nc2cccc(-n3cccc3)c2)CC1.